The number of furan rings is 1. The summed E-state index contributed by atoms with van der Waals surface area (Å²) in [5.41, 5.74) is 2.38. The van der Waals surface area contributed by atoms with Crippen molar-refractivity contribution in [2.24, 2.45) is 5.41 Å². The van der Waals surface area contributed by atoms with Crippen molar-refractivity contribution in [2.75, 3.05) is 36.4 Å². The van der Waals surface area contributed by atoms with E-state index in [1.54, 1.807) is 24.3 Å². The lowest BCUT2D eigenvalue weighted by Crippen LogP contribution is -2.51. The number of carbonyl (C=O) groups excluding carboxylic acids is 2. The van der Waals surface area contributed by atoms with E-state index in [9.17, 15) is 9.59 Å². The Morgan fingerprint density at radius 2 is 1.61 bits per heavy atom. The molecule has 1 aliphatic rings. The Kier molecular flexibility index (Phi) is 8.54. The molecule has 2 N–H and O–H groups in total. The fourth-order valence-corrected chi connectivity index (χ4v) is 4.43. The van der Waals surface area contributed by atoms with Crippen molar-refractivity contribution in [1.82, 2.24) is 10.2 Å². The van der Waals surface area contributed by atoms with Crippen LogP contribution in [0.4, 0.5) is 11.4 Å². The van der Waals surface area contributed by atoms with Crippen LogP contribution in [0, 0.1) is 5.41 Å². The molecule has 7 nitrogen and oxygen atoms in total. The van der Waals surface area contributed by atoms with Gasteiger partial charge in [-0.25, -0.2) is 0 Å². The van der Waals surface area contributed by atoms with E-state index in [0.717, 1.165) is 30.0 Å². The van der Waals surface area contributed by atoms with Gasteiger partial charge < -0.3 is 19.5 Å². The van der Waals surface area contributed by atoms with Gasteiger partial charge in [0.15, 0.2) is 5.11 Å². The number of nitrogens with one attached hydrogen (secondary N) is 2. The smallest absolute Gasteiger partial charge is 0.250 e. The van der Waals surface area contributed by atoms with Gasteiger partial charge in [0.25, 0.3) is 0 Å². The summed E-state index contributed by atoms with van der Waals surface area (Å²) in [5, 5.41) is 6.52. The third-order valence-corrected chi connectivity index (χ3v) is 6.55. The summed E-state index contributed by atoms with van der Waals surface area (Å²) in [6, 6.07) is 18.8. The summed E-state index contributed by atoms with van der Waals surface area (Å²) in [6.07, 6.45) is 2.95. The molecule has 0 bridgehead atoms. The van der Waals surface area contributed by atoms with Gasteiger partial charge in [0, 0.05) is 59.6 Å². The number of hydrogen-bond acceptors (Lipinski definition) is 5. The number of rotatable bonds is 5. The summed E-state index contributed by atoms with van der Waals surface area (Å²) < 4.78 is 5.77. The summed E-state index contributed by atoms with van der Waals surface area (Å²) >= 11 is 11.2. The molecule has 9 heteroatoms. The predicted molar refractivity (Wildman–Crippen MR) is 157 cm³/mol. The molecule has 2 amide bonds. The summed E-state index contributed by atoms with van der Waals surface area (Å²) in [6.45, 7) is 8.84. The van der Waals surface area contributed by atoms with Crippen LogP contribution in [0.5, 0.6) is 0 Å². The van der Waals surface area contributed by atoms with Crippen LogP contribution in [0.3, 0.4) is 0 Å². The Hall–Kier alpha value is -3.62. The molecule has 1 saturated heterocycles. The number of hydrogen-bond donors (Lipinski definition) is 2. The number of halogens is 1. The zero-order chi connectivity index (χ0) is 27.3. The second-order valence-electron chi connectivity index (χ2n) is 10.1. The standard InChI is InChI=1S/C29H31ClN4O3S/c1-29(2,3)27(36)34-18-16-33(17-19-34)23-10-8-22(9-11-23)31-28(38)32-26(35)15-13-24-12-14-25(37-24)20-4-6-21(30)7-5-20/h4-15H,16-19H2,1-3H3,(H2,31,32,35,38)/b15-13+. The summed E-state index contributed by atoms with van der Waals surface area (Å²) in [4.78, 5) is 29.0. The van der Waals surface area contributed by atoms with Crippen molar-refractivity contribution in [3.8, 4) is 11.3 Å². The molecule has 0 saturated carbocycles. The molecule has 1 aliphatic heterocycles. The molecule has 1 aromatic heterocycles. The lowest BCUT2D eigenvalue weighted by Gasteiger charge is -2.38. The van der Waals surface area contributed by atoms with E-state index in [1.165, 1.54) is 6.08 Å². The highest BCUT2D eigenvalue weighted by molar-refractivity contribution is 7.80. The Bertz CT molecular complexity index is 1320. The SMILES string of the molecule is CC(C)(C)C(=O)N1CCN(c2ccc(NC(=S)NC(=O)/C=C/c3ccc(-c4ccc(Cl)cc4)o3)cc2)CC1. The van der Waals surface area contributed by atoms with Gasteiger partial charge in [-0.15, -0.1) is 0 Å². The molecule has 0 radical (unpaired) electrons. The van der Waals surface area contributed by atoms with Gasteiger partial charge in [0.2, 0.25) is 11.8 Å². The maximum atomic E-state index is 12.5. The van der Waals surface area contributed by atoms with Crippen molar-refractivity contribution in [1.29, 1.82) is 0 Å². The maximum absolute atomic E-state index is 12.5. The fourth-order valence-electron chi connectivity index (χ4n) is 4.08. The van der Waals surface area contributed by atoms with Crippen molar-refractivity contribution < 1.29 is 14.0 Å². The molecule has 3 aromatic rings. The predicted octanol–water partition coefficient (Wildman–Crippen LogP) is 5.82. The number of anilines is 2. The molecule has 0 aliphatic carbocycles. The highest BCUT2D eigenvalue weighted by atomic mass is 35.5. The molecule has 38 heavy (non-hydrogen) atoms. The highest BCUT2D eigenvalue weighted by Crippen LogP contribution is 2.25. The Morgan fingerprint density at radius 3 is 2.24 bits per heavy atom. The van der Waals surface area contributed by atoms with Gasteiger partial charge in [-0.3, -0.25) is 14.9 Å². The third kappa shape index (κ3) is 7.24. The first kappa shape index (κ1) is 27.4. The van der Waals surface area contributed by atoms with Gasteiger partial charge in [-0.05, 0) is 79.0 Å². The molecule has 4 rings (SSSR count). The minimum atomic E-state index is -0.369. The summed E-state index contributed by atoms with van der Waals surface area (Å²) in [5.74, 6) is 1.05. The molecule has 2 heterocycles. The van der Waals surface area contributed by atoms with Crippen LogP contribution in [0.15, 0.2) is 71.2 Å². The molecule has 0 atom stereocenters. The Morgan fingerprint density at radius 1 is 0.947 bits per heavy atom. The van der Waals surface area contributed by atoms with Gasteiger partial charge in [-0.1, -0.05) is 32.4 Å². The fraction of sp³-hybridized carbons (Fsp3) is 0.276. The van der Waals surface area contributed by atoms with E-state index < -0.39 is 0 Å². The first-order valence-corrected chi connectivity index (χ1v) is 13.2. The van der Waals surface area contributed by atoms with Crippen LogP contribution in [0.2, 0.25) is 5.02 Å². The van der Waals surface area contributed by atoms with E-state index in [2.05, 4.69) is 15.5 Å². The molecule has 0 unspecified atom stereocenters. The maximum Gasteiger partial charge on any atom is 0.250 e. The van der Waals surface area contributed by atoms with E-state index in [-0.39, 0.29) is 22.3 Å². The van der Waals surface area contributed by atoms with E-state index in [0.29, 0.717) is 29.6 Å². The van der Waals surface area contributed by atoms with Crippen molar-refractivity contribution >= 4 is 58.2 Å². The molecule has 0 spiro atoms. The first-order valence-electron chi connectivity index (χ1n) is 12.4. The summed E-state index contributed by atoms with van der Waals surface area (Å²) in [7, 11) is 0. The molecule has 1 fully saturated rings. The van der Waals surface area contributed by atoms with Gasteiger partial charge in [0.1, 0.15) is 11.5 Å². The van der Waals surface area contributed by atoms with Gasteiger partial charge in [-0.2, -0.15) is 0 Å². The normalized spacial score (nSPS) is 14.0. The minimum Gasteiger partial charge on any atom is -0.457 e. The molecule has 2 aromatic carbocycles. The highest BCUT2D eigenvalue weighted by Gasteiger charge is 2.29. The Balaban J connectivity index is 1.24. The number of nitrogens with zero attached hydrogens (tertiary/aromatic N) is 2. The number of thiocarbonyl (C=S) groups is 1. The van der Waals surface area contributed by atoms with E-state index in [1.807, 2.05) is 68.1 Å². The van der Waals surface area contributed by atoms with Crippen LogP contribution in [0.25, 0.3) is 17.4 Å². The van der Waals surface area contributed by atoms with Crippen LogP contribution in [0.1, 0.15) is 26.5 Å². The largest absolute Gasteiger partial charge is 0.457 e. The number of amides is 2. The van der Waals surface area contributed by atoms with Gasteiger partial charge >= 0.3 is 0 Å². The number of carbonyl (C=O) groups is 2. The van der Waals surface area contributed by atoms with Crippen molar-refractivity contribution in [3.63, 3.8) is 0 Å². The minimum absolute atomic E-state index is 0.189. The third-order valence-electron chi connectivity index (χ3n) is 6.09. The zero-order valence-corrected chi connectivity index (χ0v) is 23.2. The lowest BCUT2D eigenvalue weighted by molar-refractivity contribution is -0.139. The molecular weight excluding hydrogens is 520 g/mol. The topological polar surface area (TPSA) is 77.8 Å². The van der Waals surface area contributed by atoms with Crippen LogP contribution >= 0.6 is 23.8 Å². The average Bonchev–Trinajstić information content (AvgIpc) is 3.36. The molecule has 198 valence electrons. The molecular formula is C29H31ClN4O3S. The Labute approximate surface area is 233 Å². The quantitative estimate of drug-likeness (QED) is 0.308. The van der Waals surface area contributed by atoms with Crippen molar-refractivity contribution in [3.05, 3.63) is 77.5 Å². The van der Waals surface area contributed by atoms with Crippen LogP contribution in [-0.4, -0.2) is 48.0 Å². The van der Waals surface area contributed by atoms with E-state index in [4.69, 9.17) is 28.2 Å². The van der Waals surface area contributed by atoms with Crippen molar-refractivity contribution in [2.45, 2.75) is 20.8 Å². The van der Waals surface area contributed by atoms with Crippen LogP contribution in [-0.2, 0) is 9.59 Å². The second-order valence-corrected chi connectivity index (χ2v) is 10.9. The second kappa shape index (κ2) is 11.8. The zero-order valence-electron chi connectivity index (χ0n) is 21.7. The average molecular weight is 551 g/mol. The van der Waals surface area contributed by atoms with E-state index >= 15 is 0 Å². The monoisotopic (exact) mass is 550 g/mol. The number of benzene rings is 2. The van der Waals surface area contributed by atoms with Crippen LogP contribution < -0.4 is 15.5 Å². The number of piperazine rings is 1. The lowest BCUT2D eigenvalue weighted by atomic mass is 9.94. The first-order chi connectivity index (χ1) is 18.1. The van der Waals surface area contributed by atoms with Gasteiger partial charge in [0.05, 0.1) is 0 Å².